The maximum Gasteiger partial charge on any atom is 0.303 e. The smallest absolute Gasteiger partial charge is 0.303 e. The highest BCUT2D eigenvalue weighted by molar-refractivity contribution is 5.66. The average molecular weight is 265 g/mol. The van der Waals surface area contributed by atoms with Gasteiger partial charge in [-0.3, -0.25) is 4.79 Å². The largest absolute Gasteiger partial charge is 0.496 e. The number of carboxylic acid groups (broad SMARTS) is 1. The van der Waals surface area contributed by atoms with Gasteiger partial charge in [0.15, 0.2) is 0 Å². The number of methoxy groups -OCH3 is 1. The first kappa shape index (κ1) is 15.5. The predicted octanol–water partition coefficient (Wildman–Crippen LogP) is 2.88. The van der Waals surface area contributed by atoms with Crippen molar-refractivity contribution in [1.29, 1.82) is 0 Å². The zero-order valence-corrected chi connectivity index (χ0v) is 12.1. The van der Waals surface area contributed by atoms with Gasteiger partial charge in [-0.2, -0.15) is 0 Å². The molecule has 0 bridgehead atoms. The van der Waals surface area contributed by atoms with Gasteiger partial charge in [0.25, 0.3) is 0 Å². The Labute approximate surface area is 114 Å². The lowest BCUT2D eigenvalue weighted by atomic mass is 9.92. The highest BCUT2D eigenvalue weighted by atomic mass is 16.5. The SMILES string of the molecule is COc1c(C)c(C)cc(C)c1C(N)CCCC(=O)O. The minimum absolute atomic E-state index is 0.153. The Morgan fingerprint density at radius 1 is 1.37 bits per heavy atom. The molecule has 1 aromatic carbocycles. The van der Waals surface area contributed by atoms with Crippen molar-refractivity contribution >= 4 is 5.97 Å². The Morgan fingerprint density at radius 2 is 2.00 bits per heavy atom. The predicted molar refractivity (Wildman–Crippen MR) is 75.6 cm³/mol. The molecule has 0 fully saturated rings. The number of carbonyl (C=O) groups is 1. The van der Waals surface area contributed by atoms with E-state index in [9.17, 15) is 4.79 Å². The van der Waals surface area contributed by atoms with E-state index in [1.807, 2.05) is 20.8 Å². The van der Waals surface area contributed by atoms with Crippen LogP contribution in [0, 0.1) is 20.8 Å². The summed E-state index contributed by atoms with van der Waals surface area (Å²) in [5.74, 6) is 0.0521. The molecule has 0 aromatic heterocycles. The lowest BCUT2D eigenvalue weighted by molar-refractivity contribution is -0.137. The van der Waals surface area contributed by atoms with Crippen LogP contribution in [0.2, 0.25) is 0 Å². The third-order valence-electron chi connectivity index (χ3n) is 3.52. The third kappa shape index (κ3) is 3.70. The molecular formula is C15H23NO3. The number of carboxylic acids is 1. The van der Waals surface area contributed by atoms with Crippen molar-refractivity contribution in [3.05, 3.63) is 28.3 Å². The second-order valence-corrected chi connectivity index (χ2v) is 4.97. The highest BCUT2D eigenvalue weighted by Gasteiger charge is 2.18. The van der Waals surface area contributed by atoms with Crippen LogP contribution in [-0.4, -0.2) is 18.2 Å². The van der Waals surface area contributed by atoms with Crippen LogP contribution in [0.15, 0.2) is 6.07 Å². The van der Waals surface area contributed by atoms with E-state index in [1.165, 1.54) is 5.56 Å². The number of rotatable bonds is 6. The minimum atomic E-state index is -0.782. The Balaban J connectivity index is 2.98. The molecule has 0 aliphatic heterocycles. The van der Waals surface area contributed by atoms with Crippen LogP contribution in [0.3, 0.4) is 0 Å². The molecular weight excluding hydrogens is 242 g/mol. The Kier molecular flexibility index (Phi) is 5.36. The maximum absolute atomic E-state index is 10.5. The van der Waals surface area contributed by atoms with Gasteiger partial charge < -0.3 is 15.6 Å². The monoisotopic (exact) mass is 265 g/mol. The van der Waals surface area contributed by atoms with Crippen molar-refractivity contribution in [3.63, 3.8) is 0 Å². The second-order valence-electron chi connectivity index (χ2n) is 4.97. The highest BCUT2D eigenvalue weighted by Crippen LogP contribution is 2.34. The normalized spacial score (nSPS) is 12.3. The molecule has 0 aliphatic carbocycles. The fourth-order valence-electron chi connectivity index (χ4n) is 2.41. The average Bonchev–Trinajstić information content (AvgIpc) is 2.32. The first-order valence-electron chi connectivity index (χ1n) is 6.50. The molecule has 1 rings (SSSR count). The van der Waals surface area contributed by atoms with Gasteiger partial charge in [0, 0.05) is 18.0 Å². The van der Waals surface area contributed by atoms with Crippen molar-refractivity contribution in [1.82, 2.24) is 0 Å². The van der Waals surface area contributed by atoms with Crippen molar-refractivity contribution in [2.24, 2.45) is 5.73 Å². The van der Waals surface area contributed by atoms with E-state index in [0.29, 0.717) is 12.8 Å². The van der Waals surface area contributed by atoms with E-state index in [2.05, 4.69) is 6.07 Å². The van der Waals surface area contributed by atoms with Crippen LogP contribution in [0.1, 0.15) is 47.6 Å². The van der Waals surface area contributed by atoms with E-state index < -0.39 is 5.97 Å². The zero-order chi connectivity index (χ0) is 14.6. The van der Waals surface area contributed by atoms with Crippen LogP contribution in [-0.2, 0) is 4.79 Å². The van der Waals surface area contributed by atoms with E-state index >= 15 is 0 Å². The molecule has 1 unspecified atom stereocenters. The van der Waals surface area contributed by atoms with Crippen LogP contribution < -0.4 is 10.5 Å². The van der Waals surface area contributed by atoms with Gasteiger partial charge in [-0.15, -0.1) is 0 Å². The van der Waals surface area contributed by atoms with Crippen LogP contribution in [0.5, 0.6) is 5.75 Å². The molecule has 1 atom stereocenters. The lowest BCUT2D eigenvalue weighted by Crippen LogP contribution is -2.15. The molecule has 1 aromatic rings. The minimum Gasteiger partial charge on any atom is -0.496 e. The summed E-state index contributed by atoms with van der Waals surface area (Å²) in [5.41, 5.74) is 10.6. The maximum atomic E-state index is 10.5. The molecule has 19 heavy (non-hydrogen) atoms. The number of aryl methyl sites for hydroxylation is 2. The fourth-order valence-corrected chi connectivity index (χ4v) is 2.41. The summed E-state index contributed by atoms with van der Waals surface area (Å²) in [5, 5.41) is 8.67. The van der Waals surface area contributed by atoms with Crippen LogP contribution in [0.25, 0.3) is 0 Å². The van der Waals surface area contributed by atoms with Crippen molar-refractivity contribution in [2.45, 2.75) is 46.1 Å². The molecule has 0 aliphatic rings. The Bertz CT molecular complexity index is 469. The molecule has 4 nitrogen and oxygen atoms in total. The van der Waals surface area contributed by atoms with E-state index in [4.69, 9.17) is 15.6 Å². The Morgan fingerprint density at radius 3 is 2.53 bits per heavy atom. The number of nitrogens with two attached hydrogens (primary N) is 1. The standard InChI is InChI=1S/C15H23NO3/c1-9-8-10(2)14(15(19-4)11(9)3)12(16)6-5-7-13(17)18/h8,12H,5-7,16H2,1-4H3,(H,17,18). The van der Waals surface area contributed by atoms with Gasteiger partial charge >= 0.3 is 5.97 Å². The summed E-state index contributed by atoms with van der Waals surface area (Å²) in [6.45, 7) is 6.08. The summed E-state index contributed by atoms with van der Waals surface area (Å²) >= 11 is 0. The van der Waals surface area contributed by atoms with Crippen molar-refractivity contribution in [3.8, 4) is 5.75 Å². The summed E-state index contributed by atoms with van der Waals surface area (Å²) in [6.07, 6.45) is 1.37. The van der Waals surface area contributed by atoms with Gasteiger partial charge in [-0.25, -0.2) is 0 Å². The molecule has 106 valence electrons. The summed E-state index contributed by atoms with van der Waals surface area (Å²) in [6, 6.07) is 1.91. The summed E-state index contributed by atoms with van der Waals surface area (Å²) < 4.78 is 5.49. The van der Waals surface area contributed by atoms with Gasteiger partial charge in [-0.05, 0) is 50.3 Å². The van der Waals surface area contributed by atoms with Gasteiger partial charge in [-0.1, -0.05) is 6.07 Å². The number of hydrogen-bond acceptors (Lipinski definition) is 3. The van der Waals surface area contributed by atoms with E-state index in [1.54, 1.807) is 7.11 Å². The molecule has 3 N–H and O–H groups in total. The van der Waals surface area contributed by atoms with E-state index in [-0.39, 0.29) is 12.5 Å². The first-order chi connectivity index (χ1) is 8.88. The molecule has 0 spiro atoms. The quantitative estimate of drug-likeness (QED) is 0.829. The van der Waals surface area contributed by atoms with Gasteiger partial charge in [0.05, 0.1) is 7.11 Å². The molecule has 0 heterocycles. The molecule has 0 radical (unpaired) electrons. The topological polar surface area (TPSA) is 72.5 Å². The molecule has 4 heteroatoms. The fraction of sp³-hybridized carbons (Fsp3) is 0.533. The molecule has 0 amide bonds. The molecule has 0 saturated carbocycles. The van der Waals surface area contributed by atoms with Crippen molar-refractivity contribution < 1.29 is 14.6 Å². The number of hydrogen-bond donors (Lipinski definition) is 2. The van der Waals surface area contributed by atoms with Crippen LogP contribution >= 0.6 is 0 Å². The van der Waals surface area contributed by atoms with Gasteiger partial charge in [0.2, 0.25) is 0 Å². The van der Waals surface area contributed by atoms with Gasteiger partial charge in [0.1, 0.15) is 5.75 Å². The van der Waals surface area contributed by atoms with Crippen molar-refractivity contribution in [2.75, 3.05) is 7.11 Å². The van der Waals surface area contributed by atoms with E-state index in [0.717, 1.165) is 22.4 Å². The number of ether oxygens (including phenoxy) is 1. The first-order valence-corrected chi connectivity index (χ1v) is 6.50. The zero-order valence-electron chi connectivity index (χ0n) is 12.1. The lowest BCUT2D eigenvalue weighted by Gasteiger charge is -2.21. The summed E-state index contributed by atoms with van der Waals surface area (Å²) in [7, 11) is 1.65. The number of benzene rings is 1. The summed E-state index contributed by atoms with van der Waals surface area (Å²) in [4.78, 5) is 10.5. The van der Waals surface area contributed by atoms with Crippen LogP contribution in [0.4, 0.5) is 0 Å². The Hall–Kier alpha value is -1.55. The second kappa shape index (κ2) is 6.57. The molecule has 0 saturated heterocycles. The number of aliphatic carboxylic acids is 1. The third-order valence-corrected chi connectivity index (χ3v) is 3.52.